The van der Waals surface area contributed by atoms with Gasteiger partial charge in [-0.2, -0.15) is 5.26 Å². The number of aromatic nitrogens is 7. The number of anilines is 1. The van der Waals surface area contributed by atoms with Gasteiger partial charge in [0.25, 0.3) is 5.91 Å². The van der Waals surface area contributed by atoms with Gasteiger partial charge in [-0.3, -0.25) is 4.79 Å². The first-order chi connectivity index (χ1) is 15.5. The number of rotatable bonds is 6. The van der Waals surface area contributed by atoms with Crippen molar-refractivity contribution in [2.75, 3.05) is 12.4 Å². The summed E-state index contributed by atoms with van der Waals surface area (Å²) in [5.74, 6) is 0.978. The van der Waals surface area contributed by atoms with Crippen molar-refractivity contribution >= 4 is 11.7 Å². The largest absolute Gasteiger partial charge is 0.479 e. The third kappa shape index (κ3) is 4.01. The fraction of sp³-hybridized carbons (Fsp3) is 0.190. The lowest BCUT2D eigenvalue weighted by Crippen LogP contribution is -2.14. The first-order valence-electron chi connectivity index (χ1n) is 9.68. The lowest BCUT2D eigenvalue weighted by Gasteiger charge is -2.10. The number of hydrogen-bond donors (Lipinski definition) is 1. The molecule has 4 rings (SSSR count). The second kappa shape index (κ2) is 8.65. The maximum atomic E-state index is 12.9. The second-order valence-electron chi connectivity index (χ2n) is 7.03. The van der Waals surface area contributed by atoms with Gasteiger partial charge in [-0.1, -0.05) is 6.07 Å². The van der Waals surface area contributed by atoms with Gasteiger partial charge in [0.2, 0.25) is 5.88 Å². The number of carbonyl (C=O) groups is 1. The molecule has 0 unspecified atom stereocenters. The van der Waals surface area contributed by atoms with Crippen LogP contribution in [0.1, 0.15) is 35.8 Å². The summed E-state index contributed by atoms with van der Waals surface area (Å²) in [4.78, 5) is 21.6. The van der Waals surface area contributed by atoms with E-state index >= 15 is 0 Å². The Kier molecular flexibility index (Phi) is 5.59. The van der Waals surface area contributed by atoms with Crippen molar-refractivity contribution in [3.05, 3.63) is 60.2 Å². The number of nitrogens with one attached hydrogen (secondary N) is 1. The molecule has 4 aromatic rings. The van der Waals surface area contributed by atoms with Gasteiger partial charge < -0.3 is 14.6 Å². The molecule has 0 fully saturated rings. The normalized spacial score (nSPS) is 10.7. The number of carbonyl (C=O) groups excluding carboxylic acids is 1. The lowest BCUT2D eigenvalue weighted by atomic mass is 10.3. The van der Waals surface area contributed by atoms with E-state index in [0.717, 1.165) is 0 Å². The predicted octanol–water partition coefficient (Wildman–Crippen LogP) is 2.63. The molecular formula is C21H19N9O2. The molecule has 0 aliphatic rings. The molecule has 1 amide bonds. The average Bonchev–Trinajstić information content (AvgIpc) is 3.47. The molecule has 11 heteroatoms. The van der Waals surface area contributed by atoms with Crippen molar-refractivity contribution < 1.29 is 9.53 Å². The summed E-state index contributed by atoms with van der Waals surface area (Å²) in [6.07, 6.45) is 4.62. The van der Waals surface area contributed by atoms with Crippen LogP contribution in [0.25, 0.3) is 17.3 Å². The molecule has 0 saturated heterocycles. The SMILES string of the molecule is COc1nn(-c2cc(C#N)ccn2)cc1C(=O)Nc1cccc(-c2nncn2C(C)C)n1. The minimum absolute atomic E-state index is 0.113. The molecule has 0 bridgehead atoms. The summed E-state index contributed by atoms with van der Waals surface area (Å²) in [5.41, 5.74) is 1.19. The van der Waals surface area contributed by atoms with Gasteiger partial charge >= 0.3 is 0 Å². The van der Waals surface area contributed by atoms with Crippen LogP contribution < -0.4 is 10.1 Å². The van der Waals surface area contributed by atoms with Crippen LogP contribution in [0.4, 0.5) is 5.82 Å². The zero-order valence-corrected chi connectivity index (χ0v) is 17.6. The van der Waals surface area contributed by atoms with E-state index in [2.05, 4.69) is 30.6 Å². The number of pyridine rings is 2. The van der Waals surface area contributed by atoms with E-state index in [-0.39, 0.29) is 17.5 Å². The van der Waals surface area contributed by atoms with Crippen LogP contribution >= 0.6 is 0 Å². The highest BCUT2D eigenvalue weighted by Gasteiger charge is 2.20. The van der Waals surface area contributed by atoms with Crippen molar-refractivity contribution in [3.63, 3.8) is 0 Å². The molecular weight excluding hydrogens is 410 g/mol. The topological polar surface area (TPSA) is 136 Å². The third-order valence-electron chi connectivity index (χ3n) is 4.58. The number of methoxy groups -OCH3 is 1. The fourth-order valence-corrected chi connectivity index (χ4v) is 3.01. The molecule has 0 atom stereocenters. The predicted molar refractivity (Wildman–Crippen MR) is 114 cm³/mol. The molecule has 160 valence electrons. The van der Waals surface area contributed by atoms with Crippen LogP contribution in [0.15, 0.2) is 49.1 Å². The molecule has 0 aliphatic carbocycles. The summed E-state index contributed by atoms with van der Waals surface area (Å²) in [6.45, 7) is 4.03. The van der Waals surface area contributed by atoms with Crippen molar-refractivity contribution in [3.8, 4) is 29.3 Å². The Labute approximate surface area is 183 Å². The van der Waals surface area contributed by atoms with Gasteiger partial charge in [0.05, 0.1) is 18.7 Å². The van der Waals surface area contributed by atoms with E-state index in [0.29, 0.717) is 28.7 Å². The highest BCUT2D eigenvalue weighted by molar-refractivity contribution is 6.05. The lowest BCUT2D eigenvalue weighted by molar-refractivity contribution is 0.102. The second-order valence-corrected chi connectivity index (χ2v) is 7.03. The van der Waals surface area contributed by atoms with Crippen LogP contribution in [0.3, 0.4) is 0 Å². The van der Waals surface area contributed by atoms with Gasteiger partial charge in [-0.15, -0.1) is 15.3 Å². The maximum Gasteiger partial charge on any atom is 0.263 e. The van der Waals surface area contributed by atoms with Crippen molar-refractivity contribution in [1.29, 1.82) is 5.26 Å². The first-order valence-corrected chi connectivity index (χ1v) is 9.68. The number of nitrogens with zero attached hydrogens (tertiary/aromatic N) is 8. The average molecular weight is 429 g/mol. The van der Waals surface area contributed by atoms with Crippen molar-refractivity contribution in [1.82, 2.24) is 34.5 Å². The van der Waals surface area contributed by atoms with E-state index in [1.54, 1.807) is 36.7 Å². The minimum atomic E-state index is -0.459. The summed E-state index contributed by atoms with van der Waals surface area (Å²) in [5, 5.41) is 24.2. The highest BCUT2D eigenvalue weighted by Crippen LogP contribution is 2.22. The molecule has 4 heterocycles. The van der Waals surface area contributed by atoms with Crippen LogP contribution in [0.5, 0.6) is 5.88 Å². The Bertz CT molecular complexity index is 1320. The smallest absolute Gasteiger partial charge is 0.263 e. The summed E-state index contributed by atoms with van der Waals surface area (Å²) >= 11 is 0. The zero-order valence-electron chi connectivity index (χ0n) is 17.6. The first kappa shape index (κ1) is 20.7. The van der Waals surface area contributed by atoms with Crippen LogP contribution in [-0.2, 0) is 0 Å². The quantitative estimate of drug-likeness (QED) is 0.494. The third-order valence-corrected chi connectivity index (χ3v) is 4.58. The molecule has 0 aliphatic heterocycles. The summed E-state index contributed by atoms with van der Waals surface area (Å²) < 4.78 is 8.53. The number of hydrogen-bond acceptors (Lipinski definition) is 8. The molecule has 0 saturated carbocycles. The minimum Gasteiger partial charge on any atom is -0.479 e. The zero-order chi connectivity index (χ0) is 22.7. The fourth-order valence-electron chi connectivity index (χ4n) is 3.01. The van der Waals surface area contributed by atoms with Crippen molar-refractivity contribution in [2.24, 2.45) is 0 Å². The molecule has 0 spiro atoms. The number of nitriles is 1. The molecule has 1 N–H and O–H groups in total. The van der Waals surface area contributed by atoms with E-state index in [1.807, 2.05) is 24.5 Å². The van der Waals surface area contributed by atoms with Crippen LogP contribution in [-0.4, -0.2) is 47.5 Å². The van der Waals surface area contributed by atoms with Gasteiger partial charge in [-0.25, -0.2) is 14.6 Å². The Morgan fingerprint density at radius 2 is 2.12 bits per heavy atom. The molecule has 11 nitrogen and oxygen atoms in total. The number of amides is 1. The van der Waals surface area contributed by atoms with Crippen LogP contribution in [0.2, 0.25) is 0 Å². The highest BCUT2D eigenvalue weighted by atomic mass is 16.5. The van der Waals surface area contributed by atoms with E-state index < -0.39 is 5.91 Å². The Morgan fingerprint density at radius 1 is 1.28 bits per heavy atom. The molecule has 0 radical (unpaired) electrons. The van der Waals surface area contributed by atoms with E-state index in [4.69, 9.17) is 10.00 Å². The Balaban J connectivity index is 1.61. The molecule has 32 heavy (non-hydrogen) atoms. The van der Waals surface area contributed by atoms with Gasteiger partial charge in [0, 0.05) is 24.5 Å². The number of ether oxygens (including phenoxy) is 1. The van der Waals surface area contributed by atoms with Gasteiger partial charge in [-0.05, 0) is 32.0 Å². The molecule has 0 aromatic carbocycles. The summed E-state index contributed by atoms with van der Waals surface area (Å²) in [6, 6.07) is 10.6. The standard InChI is InChI=1S/C21H19N9O2/c1-13(2)29-12-24-27-19(29)16-5-4-6-17(25-16)26-20(31)15-11-30(28-21(15)32-3)18-9-14(10-22)7-8-23-18/h4-9,11-13H,1-3H3,(H,25,26,31). The molecule has 4 aromatic heterocycles. The summed E-state index contributed by atoms with van der Waals surface area (Å²) in [7, 11) is 1.42. The van der Waals surface area contributed by atoms with Crippen molar-refractivity contribution in [2.45, 2.75) is 19.9 Å². The maximum absolute atomic E-state index is 12.9. The van der Waals surface area contributed by atoms with Crippen LogP contribution in [0, 0.1) is 11.3 Å². The monoisotopic (exact) mass is 429 g/mol. The van der Waals surface area contributed by atoms with E-state index in [9.17, 15) is 4.79 Å². The Morgan fingerprint density at radius 3 is 2.88 bits per heavy atom. The van der Waals surface area contributed by atoms with Gasteiger partial charge in [0.1, 0.15) is 23.4 Å². The van der Waals surface area contributed by atoms with E-state index in [1.165, 1.54) is 24.2 Å². The van der Waals surface area contributed by atoms with Gasteiger partial charge in [0.15, 0.2) is 11.6 Å². The Hall–Kier alpha value is -4.59.